The van der Waals surface area contributed by atoms with Gasteiger partial charge in [-0.25, -0.2) is 19.9 Å². The highest BCUT2D eigenvalue weighted by Crippen LogP contribution is 2.26. The smallest absolute Gasteiger partial charge is 0.196 e. The molecule has 8 N–H and O–H groups in total. The third-order valence-electron chi connectivity index (χ3n) is 5.66. The zero-order valence-electron chi connectivity index (χ0n) is 17.7. The van der Waals surface area contributed by atoms with Gasteiger partial charge in [-0.2, -0.15) is 0 Å². The lowest BCUT2D eigenvalue weighted by Gasteiger charge is -2.02. The average Bonchev–Trinajstić information content (AvgIpc) is 3.46. The van der Waals surface area contributed by atoms with Crippen molar-refractivity contribution < 1.29 is 0 Å². The zero-order chi connectivity index (χ0) is 23.4. The number of aromatic nitrogens is 6. The first-order chi connectivity index (χ1) is 16.4. The summed E-state index contributed by atoms with van der Waals surface area (Å²) in [7, 11) is 0. The monoisotopic (exact) mass is 446 g/mol. The van der Waals surface area contributed by atoms with E-state index in [1.807, 2.05) is 30.3 Å². The van der Waals surface area contributed by atoms with Gasteiger partial charge in [0.25, 0.3) is 0 Å². The molecule has 3 heterocycles. The Balaban J connectivity index is 1.41. The molecule has 6 aromatic rings. The SMILES string of the molecule is N=C(N)c1ccc2[nH]c(-c3ccc4cnc(-c5nc6cc(C(=N)N)ccc6[nH]5)nc4c3)nc2c1. The van der Waals surface area contributed by atoms with E-state index in [2.05, 4.69) is 24.9 Å². The molecule has 10 heteroatoms. The van der Waals surface area contributed by atoms with Gasteiger partial charge in [-0.05, 0) is 42.5 Å². The number of hydrogen-bond acceptors (Lipinski definition) is 6. The molecule has 0 atom stereocenters. The van der Waals surface area contributed by atoms with Crippen molar-refractivity contribution in [2.24, 2.45) is 11.5 Å². The number of amidine groups is 2. The van der Waals surface area contributed by atoms with Gasteiger partial charge in [-0.1, -0.05) is 12.1 Å². The van der Waals surface area contributed by atoms with Gasteiger partial charge >= 0.3 is 0 Å². The number of nitrogens with zero attached hydrogens (tertiary/aromatic N) is 4. The van der Waals surface area contributed by atoms with Crippen molar-refractivity contribution in [3.05, 3.63) is 71.9 Å². The Hall–Kier alpha value is -5.12. The summed E-state index contributed by atoms with van der Waals surface area (Å²) in [4.78, 5) is 25.0. The van der Waals surface area contributed by atoms with Crippen molar-refractivity contribution in [1.82, 2.24) is 29.9 Å². The zero-order valence-corrected chi connectivity index (χ0v) is 17.7. The van der Waals surface area contributed by atoms with Crippen LogP contribution in [0.15, 0.2) is 60.8 Å². The quantitative estimate of drug-likeness (QED) is 0.178. The summed E-state index contributed by atoms with van der Waals surface area (Å²) in [6.07, 6.45) is 1.76. The van der Waals surface area contributed by atoms with Gasteiger partial charge < -0.3 is 21.4 Å². The van der Waals surface area contributed by atoms with E-state index < -0.39 is 0 Å². The summed E-state index contributed by atoms with van der Waals surface area (Å²) in [6.45, 7) is 0. The molecule has 0 unspecified atom stereocenters. The Morgan fingerprint density at radius 2 is 1.29 bits per heavy atom. The van der Waals surface area contributed by atoms with Gasteiger partial charge in [0, 0.05) is 28.3 Å². The molecular weight excluding hydrogens is 428 g/mol. The first-order valence-electron chi connectivity index (χ1n) is 10.4. The second-order valence-electron chi connectivity index (χ2n) is 7.93. The van der Waals surface area contributed by atoms with Crippen molar-refractivity contribution >= 4 is 44.6 Å². The molecule has 0 aliphatic carbocycles. The molecule has 0 fully saturated rings. The second kappa shape index (κ2) is 7.20. The molecule has 10 nitrogen and oxygen atoms in total. The summed E-state index contributed by atoms with van der Waals surface area (Å²) in [6, 6.07) is 16.7. The van der Waals surface area contributed by atoms with E-state index >= 15 is 0 Å². The highest BCUT2D eigenvalue weighted by atomic mass is 15.0. The minimum absolute atomic E-state index is 0.00416. The van der Waals surface area contributed by atoms with Crippen molar-refractivity contribution in [3.63, 3.8) is 0 Å². The van der Waals surface area contributed by atoms with E-state index in [4.69, 9.17) is 27.3 Å². The van der Waals surface area contributed by atoms with E-state index in [9.17, 15) is 0 Å². The first-order valence-corrected chi connectivity index (χ1v) is 10.4. The van der Waals surface area contributed by atoms with Crippen LogP contribution in [0.2, 0.25) is 0 Å². The first kappa shape index (κ1) is 19.6. The number of benzene rings is 3. The average molecular weight is 446 g/mol. The Morgan fingerprint density at radius 3 is 1.94 bits per heavy atom. The van der Waals surface area contributed by atoms with Gasteiger partial charge in [0.05, 0.1) is 27.6 Å². The summed E-state index contributed by atoms with van der Waals surface area (Å²) in [5.74, 6) is 1.68. The molecule has 34 heavy (non-hydrogen) atoms. The summed E-state index contributed by atoms with van der Waals surface area (Å²) in [5, 5.41) is 16.1. The van der Waals surface area contributed by atoms with E-state index in [0.717, 1.165) is 33.0 Å². The maximum Gasteiger partial charge on any atom is 0.196 e. The number of H-pyrrole nitrogens is 2. The van der Waals surface area contributed by atoms with Gasteiger partial charge in [0.2, 0.25) is 0 Å². The molecule has 0 spiro atoms. The molecule has 0 saturated heterocycles. The standard InChI is InChI=1S/C24H18N10/c25-20(26)11-3-5-15-18(7-11)33-22(30-15)13-1-2-14-10-29-23(32-17(14)9-13)24-31-16-6-4-12(21(27)28)8-19(16)34-24/h1-10H,(H3,25,26)(H3,27,28)(H,30,33)(H,31,34). The highest BCUT2D eigenvalue weighted by molar-refractivity contribution is 5.99. The van der Waals surface area contributed by atoms with Crippen LogP contribution in [0.5, 0.6) is 0 Å². The molecule has 3 aromatic heterocycles. The summed E-state index contributed by atoms with van der Waals surface area (Å²) in [5.41, 5.74) is 17.1. The van der Waals surface area contributed by atoms with Crippen LogP contribution in [0.1, 0.15) is 11.1 Å². The molecule has 0 aliphatic rings. The number of aromatic amines is 2. The van der Waals surface area contributed by atoms with E-state index in [1.165, 1.54) is 0 Å². The van der Waals surface area contributed by atoms with E-state index in [0.29, 0.717) is 34.1 Å². The predicted octanol–water partition coefficient (Wildman–Crippen LogP) is 3.28. The van der Waals surface area contributed by atoms with Crippen LogP contribution in [0.3, 0.4) is 0 Å². The number of nitrogens with one attached hydrogen (secondary N) is 4. The minimum Gasteiger partial charge on any atom is -0.384 e. The third-order valence-corrected chi connectivity index (χ3v) is 5.66. The van der Waals surface area contributed by atoms with Crippen molar-refractivity contribution in [2.75, 3.05) is 0 Å². The van der Waals surface area contributed by atoms with Gasteiger partial charge in [0.1, 0.15) is 17.5 Å². The van der Waals surface area contributed by atoms with Crippen molar-refractivity contribution in [1.29, 1.82) is 10.8 Å². The fourth-order valence-electron chi connectivity index (χ4n) is 3.87. The second-order valence-corrected chi connectivity index (χ2v) is 7.93. The Bertz CT molecular complexity index is 1650. The largest absolute Gasteiger partial charge is 0.384 e. The minimum atomic E-state index is -0.0101. The summed E-state index contributed by atoms with van der Waals surface area (Å²) < 4.78 is 0. The van der Waals surface area contributed by atoms with Crippen LogP contribution < -0.4 is 11.5 Å². The Morgan fingerprint density at radius 1 is 0.676 bits per heavy atom. The van der Waals surface area contributed by atoms with Gasteiger partial charge in [0.15, 0.2) is 11.6 Å². The number of imidazole rings is 2. The molecule has 0 saturated carbocycles. The lowest BCUT2D eigenvalue weighted by molar-refractivity contribution is 1.16. The number of nitrogen functional groups attached to an aromatic ring is 2. The van der Waals surface area contributed by atoms with Crippen LogP contribution in [-0.4, -0.2) is 41.6 Å². The van der Waals surface area contributed by atoms with Crippen molar-refractivity contribution in [2.45, 2.75) is 0 Å². The van der Waals surface area contributed by atoms with Crippen LogP contribution in [-0.2, 0) is 0 Å². The molecule has 0 bridgehead atoms. The summed E-state index contributed by atoms with van der Waals surface area (Å²) >= 11 is 0. The number of rotatable bonds is 4. The maximum atomic E-state index is 7.63. The van der Waals surface area contributed by atoms with Gasteiger partial charge in [-0.3, -0.25) is 10.8 Å². The lowest BCUT2D eigenvalue weighted by Crippen LogP contribution is -2.10. The van der Waals surface area contributed by atoms with Gasteiger partial charge in [-0.15, -0.1) is 0 Å². The molecule has 3 aromatic carbocycles. The highest BCUT2D eigenvalue weighted by Gasteiger charge is 2.12. The molecule has 0 radical (unpaired) electrons. The third kappa shape index (κ3) is 3.21. The molecular formula is C24H18N10. The fraction of sp³-hybridized carbons (Fsp3) is 0. The van der Waals surface area contributed by atoms with E-state index in [-0.39, 0.29) is 11.7 Å². The predicted molar refractivity (Wildman–Crippen MR) is 132 cm³/mol. The van der Waals surface area contributed by atoms with Crippen molar-refractivity contribution in [3.8, 4) is 23.0 Å². The number of fused-ring (bicyclic) bond motifs is 3. The Kier molecular flexibility index (Phi) is 4.14. The van der Waals surface area contributed by atoms with Crippen LogP contribution in [0.25, 0.3) is 56.0 Å². The van der Waals surface area contributed by atoms with Crippen LogP contribution in [0, 0.1) is 10.8 Å². The molecule has 0 aliphatic heterocycles. The van der Waals surface area contributed by atoms with Crippen LogP contribution in [0.4, 0.5) is 0 Å². The Labute approximate surface area is 192 Å². The number of hydrogen-bond donors (Lipinski definition) is 6. The number of nitrogens with two attached hydrogens (primary N) is 2. The molecule has 0 amide bonds. The maximum absolute atomic E-state index is 7.63. The van der Waals surface area contributed by atoms with E-state index in [1.54, 1.807) is 30.5 Å². The topological polar surface area (TPSA) is 183 Å². The molecule has 164 valence electrons. The fourth-order valence-corrected chi connectivity index (χ4v) is 3.87. The normalized spacial score (nSPS) is 11.4. The lowest BCUT2D eigenvalue weighted by atomic mass is 10.1. The van der Waals surface area contributed by atoms with Crippen LogP contribution >= 0.6 is 0 Å². The molecule has 6 rings (SSSR count).